The Balaban J connectivity index is 2.01. The topological polar surface area (TPSA) is 65.7 Å². The molecule has 1 aromatic carbocycles. The van der Waals surface area contributed by atoms with Gasteiger partial charge in [-0.3, -0.25) is 0 Å². The van der Waals surface area contributed by atoms with Gasteiger partial charge in [-0.1, -0.05) is 0 Å². The molecule has 1 aliphatic rings. The zero-order chi connectivity index (χ0) is 16.4. The van der Waals surface area contributed by atoms with Crippen LogP contribution >= 0.6 is 0 Å². The standard InChI is InChI=1S/C18H24N2O3/c1-13-10-15-14(4-7-19-5-2-3-6-19)12-20(8-9-21)17(15)16(11-13)18(22)23/h10-12,21H,2-9H2,1H3,(H,22,23). The summed E-state index contributed by atoms with van der Waals surface area (Å²) >= 11 is 0. The number of carbonyl (C=O) groups is 1. The molecule has 0 aliphatic carbocycles. The Kier molecular flexibility index (Phi) is 4.68. The number of nitrogens with zero attached hydrogens (tertiary/aromatic N) is 2. The molecule has 0 spiro atoms. The molecule has 124 valence electrons. The van der Waals surface area contributed by atoms with Crippen LogP contribution in [0.4, 0.5) is 0 Å². The van der Waals surface area contributed by atoms with Crippen LogP contribution in [0.25, 0.3) is 10.9 Å². The number of rotatable bonds is 6. The maximum atomic E-state index is 11.6. The molecule has 5 heteroatoms. The smallest absolute Gasteiger partial charge is 0.337 e. The van der Waals surface area contributed by atoms with E-state index in [0.717, 1.165) is 42.5 Å². The third-order valence-electron chi connectivity index (χ3n) is 4.67. The first-order valence-electron chi connectivity index (χ1n) is 8.29. The van der Waals surface area contributed by atoms with Crippen LogP contribution in [0.2, 0.25) is 0 Å². The van der Waals surface area contributed by atoms with Crippen molar-refractivity contribution in [1.29, 1.82) is 0 Å². The molecule has 0 atom stereocenters. The van der Waals surface area contributed by atoms with E-state index in [1.807, 2.05) is 17.7 Å². The van der Waals surface area contributed by atoms with Gasteiger partial charge in [0.2, 0.25) is 0 Å². The summed E-state index contributed by atoms with van der Waals surface area (Å²) in [4.78, 5) is 14.1. The fourth-order valence-electron chi connectivity index (χ4n) is 3.59. The molecule has 5 nitrogen and oxygen atoms in total. The van der Waals surface area contributed by atoms with Gasteiger partial charge in [-0.25, -0.2) is 4.79 Å². The van der Waals surface area contributed by atoms with Crippen LogP contribution in [0, 0.1) is 6.92 Å². The predicted octanol–water partition coefficient (Wildman–Crippen LogP) is 2.28. The molecule has 1 saturated heterocycles. The van der Waals surface area contributed by atoms with Crippen molar-refractivity contribution in [2.24, 2.45) is 0 Å². The number of benzene rings is 1. The lowest BCUT2D eigenvalue weighted by Crippen LogP contribution is -2.21. The highest BCUT2D eigenvalue weighted by Gasteiger charge is 2.18. The van der Waals surface area contributed by atoms with Crippen LogP contribution in [0.3, 0.4) is 0 Å². The van der Waals surface area contributed by atoms with Crippen molar-refractivity contribution in [1.82, 2.24) is 9.47 Å². The quantitative estimate of drug-likeness (QED) is 0.858. The van der Waals surface area contributed by atoms with Gasteiger partial charge in [-0.05, 0) is 62.5 Å². The van der Waals surface area contributed by atoms with Crippen LogP contribution in [0.15, 0.2) is 18.3 Å². The zero-order valence-electron chi connectivity index (χ0n) is 13.6. The molecule has 2 aromatic rings. The molecule has 1 aliphatic heterocycles. The summed E-state index contributed by atoms with van der Waals surface area (Å²) in [5.41, 5.74) is 3.18. The van der Waals surface area contributed by atoms with E-state index in [0.29, 0.717) is 12.1 Å². The summed E-state index contributed by atoms with van der Waals surface area (Å²) in [7, 11) is 0. The summed E-state index contributed by atoms with van der Waals surface area (Å²) in [6, 6.07) is 3.78. The number of carboxylic acids is 1. The minimum Gasteiger partial charge on any atom is -0.478 e. The Morgan fingerprint density at radius 1 is 1.22 bits per heavy atom. The second-order valence-corrected chi connectivity index (χ2v) is 6.38. The number of aliphatic hydroxyl groups is 1. The third-order valence-corrected chi connectivity index (χ3v) is 4.67. The molecule has 0 unspecified atom stereocenters. The maximum Gasteiger partial charge on any atom is 0.337 e. The molecule has 1 aromatic heterocycles. The fourth-order valence-corrected chi connectivity index (χ4v) is 3.59. The molecule has 0 amide bonds. The van der Waals surface area contributed by atoms with Crippen molar-refractivity contribution in [2.45, 2.75) is 32.7 Å². The van der Waals surface area contributed by atoms with Crippen LogP contribution < -0.4 is 0 Å². The first-order chi connectivity index (χ1) is 11.1. The monoisotopic (exact) mass is 316 g/mol. The minimum atomic E-state index is -0.915. The lowest BCUT2D eigenvalue weighted by molar-refractivity contribution is 0.0698. The first kappa shape index (κ1) is 16.0. The summed E-state index contributed by atoms with van der Waals surface area (Å²) in [6.45, 7) is 5.68. The summed E-state index contributed by atoms with van der Waals surface area (Å²) in [5, 5.41) is 19.8. The van der Waals surface area contributed by atoms with Gasteiger partial charge in [0.05, 0.1) is 17.7 Å². The van der Waals surface area contributed by atoms with E-state index in [1.54, 1.807) is 6.07 Å². The molecule has 2 heterocycles. The van der Waals surface area contributed by atoms with E-state index in [9.17, 15) is 15.0 Å². The normalized spacial score (nSPS) is 15.6. The van der Waals surface area contributed by atoms with Crippen molar-refractivity contribution >= 4 is 16.9 Å². The molecule has 1 fully saturated rings. The minimum absolute atomic E-state index is 0.00226. The molecule has 3 rings (SSSR count). The van der Waals surface area contributed by atoms with E-state index in [-0.39, 0.29) is 6.61 Å². The highest BCUT2D eigenvalue weighted by molar-refractivity contribution is 6.03. The highest BCUT2D eigenvalue weighted by atomic mass is 16.4. The fraction of sp³-hybridized carbons (Fsp3) is 0.500. The summed E-state index contributed by atoms with van der Waals surface area (Å²) in [5.74, 6) is -0.915. The number of hydrogen-bond acceptors (Lipinski definition) is 3. The lowest BCUT2D eigenvalue weighted by atomic mass is 10.0. The largest absolute Gasteiger partial charge is 0.478 e. The number of likely N-dealkylation sites (tertiary alicyclic amines) is 1. The number of carboxylic acid groups (broad SMARTS) is 1. The number of aryl methyl sites for hydroxylation is 1. The average Bonchev–Trinajstić information content (AvgIpc) is 3.13. The Morgan fingerprint density at radius 2 is 1.96 bits per heavy atom. The number of aliphatic hydroxyl groups excluding tert-OH is 1. The predicted molar refractivity (Wildman–Crippen MR) is 90.1 cm³/mol. The third kappa shape index (κ3) is 3.26. The van der Waals surface area contributed by atoms with Gasteiger partial charge < -0.3 is 19.7 Å². The van der Waals surface area contributed by atoms with Crippen LogP contribution in [-0.2, 0) is 13.0 Å². The van der Waals surface area contributed by atoms with E-state index >= 15 is 0 Å². The van der Waals surface area contributed by atoms with Crippen molar-refractivity contribution in [3.63, 3.8) is 0 Å². The maximum absolute atomic E-state index is 11.6. The highest BCUT2D eigenvalue weighted by Crippen LogP contribution is 2.27. The summed E-state index contributed by atoms with van der Waals surface area (Å²) in [6.07, 6.45) is 5.48. The Labute approximate surface area is 136 Å². The number of fused-ring (bicyclic) bond motifs is 1. The van der Waals surface area contributed by atoms with Crippen molar-refractivity contribution in [3.05, 3.63) is 35.0 Å². The van der Waals surface area contributed by atoms with Crippen molar-refractivity contribution in [2.75, 3.05) is 26.2 Å². The zero-order valence-corrected chi connectivity index (χ0v) is 13.6. The number of aromatic nitrogens is 1. The van der Waals surface area contributed by atoms with Gasteiger partial charge in [-0.2, -0.15) is 0 Å². The lowest BCUT2D eigenvalue weighted by Gasteiger charge is -2.13. The molecule has 0 bridgehead atoms. The SMILES string of the molecule is Cc1cc(C(=O)O)c2c(c1)c(CCN1CCCC1)cn2CCO. The van der Waals surface area contributed by atoms with Gasteiger partial charge in [0, 0.05) is 24.7 Å². The molecular weight excluding hydrogens is 292 g/mol. The Hall–Kier alpha value is -1.85. The van der Waals surface area contributed by atoms with E-state index in [4.69, 9.17) is 0 Å². The van der Waals surface area contributed by atoms with E-state index in [1.165, 1.54) is 18.4 Å². The Morgan fingerprint density at radius 3 is 2.61 bits per heavy atom. The van der Waals surface area contributed by atoms with Crippen LogP contribution in [0.5, 0.6) is 0 Å². The Bertz CT molecular complexity index is 715. The second kappa shape index (κ2) is 6.72. The number of hydrogen-bond donors (Lipinski definition) is 2. The number of aromatic carboxylic acids is 1. The molecule has 23 heavy (non-hydrogen) atoms. The summed E-state index contributed by atoms with van der Waals surface area (Å²) < 4.78 is 1.89. The molecule has 2 N–H and O–H groups in total. The van der Waals surface area contributed by atoms with Gasteiger partial charge in [0.1, 0.15) is 0 Å². The van der Waals surface area contributed by atoms with E-state index in [2.05, 4.69) is 11.0 Å². The first-order valence-corrected chi connectivity index (χ1v) is 8.29. The van der Waals surface area contributed by atoms with Crippen molar-refractivity contribution < 1.29 is 15.0 Å². The van der Waals surface area contributed by atoms with Crippen LogP contribution in [0.1, 0.15) is 34.3 Å². The van der Waals surface area contributed by atoms with E-state index < -0.39 is 5.97 Å². The van der Waals surface area contributed by atoms with Gasteiger partial charge in [0.25, 0.3) is 0 Å². The second-order valence-electron chi connectivity index (χ2n) is 6.38. The molecular formula is C18H24N2O3. The molecule has 0 saturated carbocycles. The van der Waals surface area contributed by atoms with Crippen LogP contribution in [-0.4, -0.2) is 51.9 Å². The van der Waals surface area contributed by atoms with Gasteiger partial charge >= 0.3 is 5.97 Å². The average molecular weight is 316 g/mol. The van der Waals surface area contributed by atoms with Gasteiger partial charge in [-0.15, -0.1) is 0 Å². The van der Waals surface area contributed by atoms with Crippen molar-refractivity contribution in [3.8, 4) is 0 Å². The van der Waals surface area contributed by atoms with Gasteiger partial charge in [0.15, 0.2) is 0 Å². The molecule has 0 radical (unpaired) electrons.